The molecule has 38 heavy (non-hydrogen) atoms. The molecular weight excluding hydrogens is 525 g/mol. The number of Topliss-reactive ketones (excluding diaryl/α,β-unsaturated/α-hetero) is 1. The lowest BCUT2D eigenvalue weighted by molar-refractivity contribution is -0.176. The number of ketones is 1. The molecule has 2 aliphatic rings. The number of carbonyl (C=O) groups is 2. The van der Waals surface area contributed by atoms with Gasteiger partial charge < -0.3 is 14.8 Å². The van der Waals surface area contributed by atoms with Crippen molar-refractivity contribution in [1.82, 2.24) is 0 Å². The highest BCUT2D eigenvalue weighted by Crippen LogP contribution is 2.39. The summed E-state index contributed by atoms with van der Waals surface area (Å²) < 4.78 is 49.4. The number of sulfone groups is 1. The topological polar surface area (TPSA) is 116 Å². The number of anilines is 1. The molecule has 1 unspecified atom stereocenters. The van der Waals surface area contributed by atoms with Gasteiger partial charge in [-0.15, -0.1) is 0 Å². The second-order valence-electron chi connectivity index (χ2n) is 9.78. The Morgan fingerprint density at radius 1 is 1.03 bits per heavy atom. The average molecular weight is 560 g/mol. The minimum absolute atomic E-state index is 0.0644. The number of fused-ring (bicyclic) bond motifs is 1. The van der Waals surface area contributed by atoms with Gasteiger partial charge in [-0.2, -0.15) is 0 Å². The summed E-state index contributed by atoms with van der Waals surface area (Å²) in [6.45, 7) is 4.08. The Hall–Kier alpha value is -2.45. The predicted octanol–water partition coefficient (Wildman–Crippen LogP) is 5.37. The first-order valence-corrected chi connectivity index (χ1v) is 15.7. The zero-order valence-corrected chi connectivity index (χ0v) is 23.5. The summed E-state index contributed by atoms with van der Waals surface area (Å²) in [5, 5.41) is 1.28. The lowest BCUT2D eigenvalue weighted by Crippen LogP contribution is -2.38. The predicted molar refractivity (Wildman–Crippen MR) is 145 cm³/mol. The molecule has 204 valence electrons. The number of carbonyl (C=O) groups excluding carboxylic acids is 2. The Bertz CT molecular complexity index is 1280. The normalized spacial score (nSPS) is 20.1. The van der Waals surface area contributed by atoms with E-state index in [1.54, 1.807) is 38.1 Å². The first-order valence-electron chi connectivity index (χ1n) is 13.1. The van der Waals surface area contributed by atoms with Crippen LogP contribution in [0.3, 0.4) is 0 Å². The van der Waals surface area contributed by atoms with Crippen molar-refractivity contribution in [3.63, 3.8) is 0 Å². The quantitative estimate of drug-likeness (QED) is 0.324. The van der Waals surface area contributed by atoms with E-state index in [0.29, 0.717) is 28.3 Å². The first kappa shape index (κ1) is 28.6. The van der Waals surface area contributed by atoms with E-state index in [4.69, 9.17) is 9.47 Å². The summed E-state index contributed by atoms with van der Waals surface area (Å²) in [6, 6.07) is 12.0. The minimum Gasteiger partial charge on any atom is -0.337 e. The molecule has 0 saturated heterocycles. The molecule has 0 spiro atoms. The van der Waals surface area contributed by atoms with E-state index < -0.39 is 38.1 Å². The summed E-state index contributed by atoms with van der Waals surface area (Å²) in [5.41, 5.74) is 1.46. The molecule has 0 aromatic heterocycles. The molecule has 1 aliphatic carbocycles. The third kappa shape index (κ3) is 6.07. The Morgan fingerprint density at radius 2 is 1.68 bits per heavy atom. The fourth-order valence-corrected chi connectivity index (χ4v) is 7.52. The van der Waals surface area contributed by atoms with Gasteiger partial charge in [0, 0.05) is 30.0 Å². The standard InChI is InChI=1S/C28H34NO7PS/c1-3-35-28(37-32,36-4-2)22-12-14-23(15-13-22)29-27(31)26-17-21-11-10-20(19-8-6-5-7-9-19)16-24(21)25(30)18-38(26,33)34/h10-16,19,26H,3-9,17-18H2,1-2H3,(H,29,31). The van der Waals surface area contributed by atoms with Crippen molar-refractivity contribution in [2.75, 3.05) is 24.3 Å². The van der Waals surface area contributed by atoms with Gasteiger partial charge >= 0.3 is 0 Å². The van der Waals surface area contributed by atoms with Crippen molar-refractivity contribution in [2.45, 2.75) is 69.1 Å². The number of amides is 1. The molecule has 1 amide bonds. The van der Waals surface area contributed by atoms with Gasteiger partial charge in [0.15, 0.2) is 15.6 Å². The van der Waals surface area contributed by atoms with Gasteiger partial charge in [-0.3, -0.25) is 14.2 Å². The molecular formula is C28H34NO7PS. The maximum atomic E-state index is 13.2. The van der Waals surface area contributed by atoms with Crippen molar-refractivity contribution in [2.24, 2.45) is 0 Å². The molecule has 1 aliphatic heterocycles. The van der Waals surface area contributed by atoms with Crippen LogP contribution >= 0.6 is 8.46 Å². The van der Waals surface area contributed by atoms with Crippen LogP contribution in [0.5, 0.6) is 0 Å². The lowest BCUT2D eigenvalue weighted by atomic mass is 9.82. The summed E-state index contributed by atoms with van der Waals surface area (Å²) in [4.78, 5) is 26.2. The van der Waals surface area contributed by atoms with Crippen LogP contribution in [0.4, 0.5) is 5.69 Å². The van der Waals surface area contributed by atoms with Crippen molar-refractivity contribution in [3.05, 3.63) is 64.7 Å². The maximum Gasteiger partial charge on any atom is 0.278 e. The van der Waals surface area contributed by atoms with E-state index in [1.807, 2.05) is 18.2 Å². The third-order valence-electron chi connectivity index (χ3n) is 7.29. The smallest absolute Gasteiger partial charge is 0.278 e. The van der Waals surface area contributed by atoms with Crippen LogP contribution in [0.25, 0.3) is 0 Å². The number of hydrogen-bond acceptors (Lipinski definition) is 7. The number of hydrogen-bond donors (Lipinski definition) is 1. The minimum atomic E-state index is -4.03. The zero-order valence-electron chi connectivity index (χ0n) is 21.8. The van der Waals surface area contributed by atoms with Crippen molar-refractivity contribution in [3.8, 4) is 0 Å². The molecule has 1 atom stereocenters. The van der Waals surface area contributed by atoms with Gasteiger partial charge in [0.2, 0.25) is 14.4 Å². The van der Waals surface area contributed by atoms with Crippen LogP contribution in [0.1, 0.15) is 78.9 Å². The van der Waals surface area contributed by atoms with Crippen LogP contribution in [-0.4, -0.2) is 44.3 Å². The van der Waals surface area contributed by atoms with Crippen LogP contribution in [-0.2, 0) is 40.6 Å². The molecule has 0 radical (unpaired) electrons. The van der Waals surface area contributed by atoms with Gasteiger partial charge in [-0.1, -0.05) is 43.5 Å². The van der Waals surface area contributed by atoms with E-state index in [0.717, 1.165) is 31.2 Å². The molecule has 2 aromatic rings. The van der Waals surface area contributed by atoms with E-state index in [9.17, 15) is 22.6 Å². The highest BCUT2D eigenvalue weighted by Gasteiger charge is 2.39. The fourth-order valence-electron chi connectivity index (χ4n) is 5.36. The second-order valence-corrected chi connectivity index (χ2v) is 12.7. The van der Waals surface area contributed by atoms with Crippen LogP contribution in [0.2, 0.25) is 0 Å². The average Bonchev–Trinajstić information content (AvgIpc) is 3.01. The van der Waals surface area contributed by atoms with Gasteiger partial charge in [0.05, 0.1) is 0 Å². The summed E-state index contributed by atoms with van der Waals surface area (Å²) in [7, 11) is -4.40. The Morgan fingerprint density at radius 3 is 2.29 bits per heavy atom. The van der Waals surface area contributed by atoms with Gasteiger partial charge in [-0.05, 0) is 68.4 Å². The van der Waals surface area contributed by atoms with E-state index in [1.165, 1.54) is 6.42 Å². The highest BCUT2D eigenvalue weighted by atomic mass is 32.2. The molecule has 1 N–H and O–H groups in total. The second kappa shape index (κ2) is 12.2. The molecule has 8 nitrogen and oxygen atoms in total. The number of ether oxygens (including phenoxy) is 2. The van der Waals surface area contributed by atoms with Crippen LogP contribution in [0, 0.1) is 0 Å². The lowest BCUT2D eigenvalue weighted by Gasteiger charge is -2.26. The molecule has 10 heteroatoms. The van der Waals surface area contributed by atoms with Crippen molar-refractivity contribution < 1.29 is 32.0 Å². The Kier molecular flexibility index (Phi) is 9.14. The Balaban J connectivity index is 1.55. The van der Waals surface area contributed by atoms with E-state index in [2.05, 4.69) is 5.32 Å². The van der Waals surface area contributed by atoms with Gasteiger partial charge in [-0.25, -0.2) is 8.42 Å². The first-order chi connectivity index (χ1) is 18.2. The molecule has 4 rings (SSSR count). The molecule has 0 bridgehead atoms. The van der Waals surface area contributed by atoms with Crippen molar-refractivity contribution in [1.29, 1.82) is 0 Å². The van der Waals surface area contributed by atoms with E-state index in [-0.39, 0.29) is 28.1 Å². The summed E-state index contributed by atoms with van der Waals surface area (Å²) in [5.74, 6) is -1.47. The summed E-state index contributed by atoms with van der Waals surface area (Å²) in [6.07, 6.45) is 5.60. The SMILES string of the molecule is CCOC(OCC)(P=O)c1ccc(NC(=O)C2Cc3ccc(C4CCCCC4)cc3C(=O)CS2(=O)=O)cc1. The van der Waals surface area contributed by atoms with Crippen molar-refractivity contribution >= 4 is 35.7 Å². The molecule has 1 saturated carbocycles. The zero-order chi connectivity index (χ0) is 27.3. The van der Waals surface area contributed by atoms with Crippen LogP contribution < -0.4 is 5.32 Å². The highest BCUT2D eigenvalue weighted by molar-refractivity contribution is 7.93. The summed E-state index contributed by atoms with van der Waals surface area (Å²) >= 11 is 0. The van der Waals surface area contributed by atoms with E-state index >= 15 is 0 Å². The van der Waals surface area contributed by atoms with Crippen LogP contribution in [0.15, 0.2) is 42.5 Å². The third-order valence-corrected chi connectivity index (χ3v) is 9.96. The molecule has 1 heterocycles. The molecule has 2 aromatic carbocycles. The molecule has 1 fully saturated rings. The maximum absolute atomic E-state index is 13.2. The largest absolute Gasteiger partial charge is 0.337 e. The number of nitrogens with one attached hydrogen (secondary N) is 1. The van der Waals surface area contributed by atoms with Gasteiger partial charge in [0.1, 0.15) is 11.0 Å². The van der Waals surface area contributed by atoms with Gasteiger partial charge in [0.25, 0.3) is 5.53 Å². The Labute approximate surface area is 225 Å². The number of benzene rings is 2. The fraction of sp³-hybridized carbons (Fsp3) is 0.500. The monoisotopic (exact) mass is 559 g/mol. The number of rotatable bonds is 9.